The number of carbonyl (C=O) groups is 1. The maximum Gasteiger partial charge on any atom is 0.387 e. The molecule has 1 aromatic carbocycles. The number of ether oxygens (including phenoxy) is 1. The second-order valence-corrected chi connectivity index (χ2v) is 4.45. The van der Waals surface area contributed by atoms with E-state index in [2.05, 4.69) is 17.0 Å². The lowest BCUT2D eigenvalue weighted by Crippen LogP contribution is -2.40. The highest BCUT2D eigenvalue weighted by atomic mass is 35.5. The molecule has 0 aliphatic heterocycles. The molecule has 0 aromatic heterocycles. The van der Waals surface area contributed by atoms with Crippen LogP contribution in [0.15, 0.2) is 24.3 Å². The van der Waals surface area contributed by atoms with Gasteiger partial charge in [0.25, 0.3) is 5.91 Å². The molecule has 0 heterocycles. The van der Waals surface area contributed by atoms with E-state index in [1.807, 2.05) is 0 Å². The average Bonchev–Trinajstić information content (AvgIpc) is 2.42. The molecule has 0 saturated heterocycles. The molecule has 21 heavy (non-hydrogen) atoms. The second kappa shape index (κ2) is 10.3. The summed E-state index contributed by atoms with van der Waals surface area (Å²) >= 11 is 0. The summed E-state index contributed by atoms with van der Waals surface area (Å²) in [6, 6.07) is 5.59. The van der Waals surface area contributed by atoms with Gasteiger partial charge in [0.2, 0.25) is 0 Å². The quantitative estimate of drug-likeness (QED) is 0.773. The monoisotopic (exact) mass is 322 g/mol. The lowest BCUT2D eigenvalue weighted by molar-refractivity contribution is -0.0498. The van der Waals surface area contributed by atoms with E-state index in [0.29, 0.717) is 6.54 Å². The maximum atomic E-state index is 12.1. The number of alkyl halides is 2. The number of carbonyl (C=O) groups excluding carboxylic acids is 1. The number of unbranched alkanes of at least 4 members (excludes halogenated alkanes) is 1. The number of benzene rings is 1. The van der Waals surface area contributed by atoms with Crippen LogP contribution in [-0.2, 0) is 0 Å². The minimum Gasteiger partial charge on any atom is -0.435 e. The third-order valence-electron chi connectivity index (χ3n) is 2.85. The van der Waals surface area contributed by atoms with E-state index in [1.54, 1.807) is 6.07 Å². The predicted octanol–water partition coefficient (Wildman–Crippen LogP) is 2.96. The number of halogens is 3. The molecular weight excluding hydrogens is 302 g/mol. The first kappa shape index (κ1) is 19.6. The zero-order valence-corrected chi connectivity index (χ0v) is 12.7. The van der Waals surface area contributed by atoms with Crippen LogP contribution in [0.1, 0.15) is 36.5 Å². The first-order valence-electron chi connectivity index (χ1n) is 6.62. The number of rotatable bonds is 8. The summed E-state index contributed by atoms with van der Waals surface area (Å²) in [6.45, 7) is -0.505. The van der Waals surface area contributed by atoms with Gasteiger partial charge < -0.3 is 15.8 Å². The smallest absolute Gasteiger partial charge is 0.387 e. The molecule has 0 radical (unpaired) electrons. The predicted molar refractivity (Wildman–Crippen MR) is 80.2 cm³/mol. The molecule has 0 aliphatic rings. The van der Waals surface area contributed by atoms with Crippen LogP contribution in [0, 0.1) is 0 Å². The molecule has 7 heteroatoms. The van der Waals surface area contributed by atoms with Crippen molar-refractivity contribution in [2.75, 3.05) is 6.54 Å². The molecule has 1 aromatic rings. The molecule has 1 unspecified atom stereocenters. The maximum absolute atomic E-state index is 12.1. The van der Waals surface area contributed by atoms with Gasteiger partial charge in [-0.05, 0) is 24.6 Å². The van der Waals surface area contributed by atoms with Crippen LogP contribution in [0.4, 0.5) is 8.78 Å². The molecule has 0 aliphatic carbocycles. The van der Waals surface area contributed by atoms with Crippen LogP contribution in [-0.4, -0.2) is 25.1 Å². The minimum absolute atomic E-state index is 0. The van der Waals surface area contributed by atoms with Gasteiger partial charge in [0.15, 0.2) is 0 Å². The van der Waals surface area contributed by atoms with Crippen molar-refractivity contribution in [1.82, 2.24) is 5.32 Å². The van der Waals surface area contributed by atoms with E-state index in [0.717, 1.165) is 19.3 Å². The fraction of sp³-hybridized carbons (Fsp3) is 0.500. The van der Waals surface area contributed by atoms with Crippen molar-refractivity contribution < 1.29 is 18.3 Å². The van der Waals surface area contributed by atoms with Crippen LogP contribution in [0.25, 0.3) is 0 Å². The van der Waals surface area contributed by atoms with E-state index in [9.17, 15) is 13.6 Å². The highest BCUT2D eigenvalue weighted by Gasteiger charge is 2.13. The van der Waals surface area contributed by atoms with Crippen LogP contribution >= 0.6 is 12.4 Å². The molecule has 1 atom stereocenters. The number of hydrogen-bond acceptors (Lipinski definition) is 3. The van der Waals surface area contributed by atoms with Gasteiger partial charge in [0, 0.05) is 18.2 Å². The minimum atomic E-state index is -2.91. The molecular formula is C14H21ClF2N2O2. The molecule has 120 valence electrons. The van der Waals surface area contributed by atoms with Crippen LogP contribution in [0.5, 0.6) is 5.75 Å². The first-order chi connectivity index (χ1) is 9.56. The van der Waals surface area contributed by atoms with Crippen LogP contribution < -0.4 is 15.8 Å². The Morgan fingerprint density at radius 1 is 1.43 bits per heavy atom. The summed E-state index contributed by atoms with van der Waals surface area (Å²) in [5, 5.41) is 2.79. The zero-order chi connectivity index (χ0) is 15.0. The summed E-state index contributed by atoms with van der Waals surface area (Å²) in [7, 11) is 0. The van der Waals surface area contributed by atoms with Gasteiger partial charge in [-0.3, -0.25) is 4.79 Å². The van der Waals surface area contributed by atoms with Crippen molar-refractivity contribution in [3.8, 4) is 5.75 Å². The Balaban J connectivity index is 0.00000400. The summed E-state index contributed by atoms with van der Waals surface area (Å²) in [5.41, 5.74) is 5.87. The van der Waals surface area contributed by atoms with E-state index < -0.39 is 6.61 Å². The Morgan fingerprint density at radius 3 is 2.71 bits per heavy atom. The number of hydrogen-bond donors (Lipinski definition) is 2. The van der Waals surface area contributed by atoms with Gasteiger partial charge in [0.05, 0.1) is 0 Å². The van der Waals surface area contributed by atoms with Gasteiger partial charge >= 0.3 is 6.61 Å². The Morgan fingerprint density at radius 2 is 2.14 bits per heavy atom. The molecule has 4 nitrogen and oxygen atoms in total. The van der Waals surface area contributed by atoms with E-state index in [4.69, 9.17) is 5.73 Å². The summed E-state index contributed by atoms with van der Waals surface area (Å²) in [5.74, 6) is -0.373. The Kier molecular flexibility index (Phi) is 9.65. The molecule has 0 saturated carbocycles. The standard InChI is InChI=1S/C14H20F2N2O2.ClH/c1-2-3-6-11(9-17)18-13(19)10-5-4-7-12(8-10)20-14(15)16;/h4-5,7-8,11,14H,2-3,6,9,17H2,1H3,(H,18,19);1H. The van der Waals surface area contributed by atoms with Crippen molar-refractivity contribution in [1.29, 1.82) is 0 Å². The molecule has 0 fully saturated rings. The van der Waals surface area contributed by atoms with E-state index in [1.165, 1.54) is 18.2 Å². The largest absolute Gasteiger partial charge is 0.435 e. The fourth-order valence-electron chi connectivity index (χ4n) is 1.78. The summed E-state index contributed by atoms with van der Waals surface area (Å²) in [6.07, 6.45) is 2.78. The summed E-state index contributed by atoms with van der Waals surface area (Å²) in [4.78, 5) is 12.0. The van der Waals surface area contributed by atoms with Gasteiger partial charge in [-0.25, -0.2) is 0 Å². The lowest BCUT2D eigenvalue weighted by atomic mass is 10.1. The highest BCUT2D eigenvalue weighted by Crippen LogP contribution is 2.16. The number of nitrogens with two attached hydrogens (primary N) is 1. The number of amides is 1. The van der Waals surface area contributed by atoms with Crippen LogP contribution in [0.2, 0.25) is 0 Å². The van der Waals surface area contributed by atoms with E-state index in [-0.39, 0.29) is 35.7 Å². The van der Waals surface area contributed by atoms with Gasteiger partial charge in [-0.2, -0.15) is 8.78 Å². The Bertz CT molecular complexity index is 433. The lowest BCUT2D eigenvalue weighted by Gasteiger charge is -2.16. The molecule has 0 spiro atoms. The Hall–Kier alpha value is -1.40. The van der Waals surface area contributed by atoms with Crippen molar-refractivity contribution >= 4 is 18.3 Å². The van der Waals surface area contributed by atoms with Crippen molar-refractivity contribution in [3.63, 3.8) is 0 Å². The molecule has 1 amide bonds. The SMILES string of the molecule is CCCCC(CN)NC(=O)c1cccc(OC(F)F)c1.Cl. The highest BCUT2D eigenvalue weighted by molar-refractivity contribution is 5.94. The fourth-order valence-corrected chi connectivity index (χ4v) is 1.78. The normalized spacial score (nSPS) is 11.7. The molecule has 1 rings (SSSR count). The zero-order valence-electron chi connectivity index (χ0n) is 11.9. The van der Waals surface area contributed by atoms with Gasteiger partial charge in [-0.15, -0.1) is 12.4 Å². The third-order valence-corrected chi connectivity index (χ3v) is 2.85. The topological polar surface area (TPSA) is 64.3 Å². The summed E-state index contributed by atoms with van der Waals surface area (Å²) < 4.78 is 28.5. The molecule has 3 N–H and O–H groups in total. The Labute approximate surface area is 129 Å². The van der Waals surface area contributed by atoms with Gasteiger partial charge in [-0.1, -0.05) is 25.8 Å². The third kappa shape index (κ3) is 7.24. The molecule has 0 bridgehead atoms. The van der Waals surface area contributed by atoms with E-state index >= 15 is 0 Å². The van der Waals surface area contributed by atoms with Crippen molar-refractivity contribution in [2.45, 2.75) is 38.8 Å². The van der Waals surface area contributed by atoms with Crippen molar-refractivity contribution in [2.24, 2.45) is 5.73 Å². The average molecular weight is 323 g/mol. The van der Waals surface area contributed by atoms with Crippen molar-refractivity contribution in [3.05, 3.63) is 29.8 Å². The van der Waals surface area contributed by atoms with Gasteiger partial charge in [0.1, 0.15) is 5.75 Å². The number of nitrogens with one attached hydrogen (secondary N) is 1. The second-order valence-electron chi connectivity index (χ2n) is 4.45. The van der Waals surface area contributed by atoms with Crippen LogP contribution in [0.3, 0.4) is 0 Å². The first-order valence-corrected chi connectivity index (χ1v) is 6.62.